The Morgan fingerprint density at radius 3 is 2.84 bits per heavy atom. The van der Waals surface area contributed by atoms with E-state index >= 15 is 0 Å². The zero-order chi connectivity index (χ0) is 14.0. The van der Waals surface area contributed by atoms with Gasteiger partial charge in [0.25, 0.3) is 0 Å². The third kappa shape index (κ3) is 4.19. The number of nitrogens with zero attached hydrogens (tertiary/aromatic N) is 2. The number of nitrogens with one attached hydrogen (secondary N) is 1. The van der Waals surface area contributed by atoms with Crippen molar-refractivity contribution in [1.29, 1.82) is 0 Å². The first-order valence-corrected chi connectivity index (χ1v) is 8.28. The molecule has 5 nitrogen and oxygen atoms in total. The Labute approximate surface area is 117 Å². The molecule has 1 heterocycles. The van der Waals surface area contributed by atoms with E-state index in [4.69, 9.17) is 11.6 Å². The minimum atomic E-state index is -2.93. The number of sulfone groups is 1. The van der Waals surface area contributed by atoms with Gasteiger partial charge in [0.1, 0.15) is 15.7 Å². The number of aromatic amines is 1. The van der Waals surface area contributed by atoms with Crippen LogP contribution in [0, 0.1) is 0 Å². The molecule has 104 valence electrons. The van der Waals surface area contributed by atoms with Crippen molar-refractivity contribution in [3.63, 3.8) is 0 Å². The van der Waals surface area contributed by atoms with Crippen molar-refractivity contribution >= 4 is 32.5 Å². The fourth-order valence-electron chi connectivity index (χ4n) is 1.77. The third-order valence-corrected chi connectivity index (χ3v) is 3.92. The van der Waals surface area contributed by atoms with Crippen molar-refractivity contribution in [2.75, 3.05) is 25.6 Å². The number of hydrogen-bond donors (Lipinski definition) is 1. The smallest absolute Gasteiger partial charge is 0.148 e. The Hall–Kier alpha value is -1.11. The van der Waals surface area contributed by atoms with E-state index in [1.807, 2.05) is 24.1 Å². The number of halogens is 1. The molecule has 0 amide bonds. The summed E-state index contributed by atoms with van der Waals surface area (Å²) >= 11 is 5.91. The van der Waals surface area contributed by atoms with Crippen LogP contribution in [0.1, 0.15) is 5.82 Å². The van der Waals surface area contributed by atoms with E-state index in [-0.39, 0.29) is 5.75 Å². The maximum atomic E-state index is 11.1. The highest BCUT2D eigenvalue weighted by Crippen LogP contribution is 2.17. The average Bonchev–Trinajstić information content (AvgIpc) is 2.66. The Morgan fingerprint density at radius 1 is 1.42 bits per heavy atom. The lowest BCUT2D eigenvalue weighted by Gasteiger charge is -2.13. The predicted molar refractivity (Wildman–Crippen MR) is 77.1 cm³/mol. The molecule has 0 atom stereocenters. The van der Waals surface area contributed by atoms with Crippen LogP contribution in [0.15, 0.2) is 18.2 Å². The molecule has 0 saturated carbocycles. The Kier molecular flexibility index (Phi) is 4.13. The van der Waals surface area contributed by atoms with E-state index in [1.54, 1.807) is 6.07 Å². The third-order valence-electron chi connectivity index (χ3n) is 2.76. The summed E-state index contributed by atoms with van der Waals surface area (Å²) in [5.74, 6) is 0.948. The minimum Gasteiger partial charge on any atom is -0.341 e. The summed E-state index contributed by atoms with van der Waals surface area (Å²) < 4.78 is 22.2. The van der Waals surface area contributed by atoms with Crippen molar-refractivity contribution in [3.8, 4) is 0 Å². The number of H-pyrrole nitrogens is 1. The summed E-state index contributed by atoms with van der Waals surface area (Å²) in [6.45, 7) is 1.05. The molecule has 7 heteroatoms. The van der Waals surface area contributed by atoms with Crippen LogP contribution in [0.2, 0.25) is 5.02 Å². The monoisotopic (exact) mass is 301 g/mol. The van der Waals surface area contributed by atoms with Gasteiger partial charge in [0, 0.05) is 17.8 Å². The van der Waals surface area contributed by atoms with Gasteiger partial charge in [-0.3, -0.25) is 4.90 Å². The summed E-state index contributed by atoms with van der Waals surface area (Å²) in [6, 6.07) is 5.47. The zero-order valence-electron chi connectivity index (χ0n) is 10.9. The van der Waals surface area contributed by atoms with Crippen molar-refractivity contribution in [3.05, 3.63) is 29.0 Å². The first kappa shape index (κ1) is 14.3. The first-order chi connectivity index (χ1) is 8.83. The zero-order valence-corrected chi connectivity index (χ0v) is 12.4. The molecule has 0 bridgehead atoms. The lowest BCUT2D eigenvalue weighted by atomic mass is 10.3. The van der Waals surface area contributed by atoms with Gasteiger partial charge in [0.2, 0.25) is 0 Å². The van der Waals surface area contributed by atoms with Crippen LogP contribution in [-0.4, -0.2) is 48.9 Å². The van der Waals surface area contributed by atoms with E-state index < -0.39 is 9.84 Å². The molecular formula is C12H16ClN3O2S. The van der Waals surface area contributed by atoms with Crippen molar-refractivity contribution in [2.24, 2.45) is 0 Å². The topological polar surface area (TPSA) is 66.1 Å². The van der Waals surface area contributed by atoms with Crippen LogP contribution in [-0.2, 0) is 16.4 Å². The first-order valence-electron chi connectivity index (χ1n) is 5.84. The summed E-state index contributed by atoms with van der Waals surface area (Å²) in [5, 5.41) is 0.660. The van der Waals surface area contributed by atoms with Crippen molar-refractivity contribution < 1.29 is 8.42 Å². The second-order valence-corrected chi connectivity index (χ2v) is 7.41. The molecule has 0 aliphatic carbocycles. The van der Waals surface area contributed by atoms with E-state index in [9.17, 15) is 8.42 Å². The molecular weight excluding hydrogens is 286 g/mol. The Balaban J connectivity index is 2.04. The Morgan fingerprint density at radius 2 is 2.16 bits per heavy atom. The summed E-state index contributed by atoms with van der Waals surface area (Å²) in [5.41, 5.74) is 1.75. The van der Waals surface area contributed by atoms with Gasteiger partial charge in [-0.1, -0.05) is 11.6 Å². The van der Waals surface area contributed by atoms with Crippen molar-refractivity contribution in [1.82, 2.24) is 14.9 Å². The molecule has 0 spiro atoms. The van der Waals surface area contributed by atoms with Crippen LogP contribution in [0.25, 0.3) is 11.0 Å². The van der Waals surface area contributed by atoms with Gasteiger partial charge in [-0.15, -0.1) is 0 Å². The van der Waals surface area contributed by atoms with Gasteiger partial charge in [0.05, 0.1) is 23.3 Å². The van der Waals surface area contributed by atoms with Gasteiger partial charge < -0.3 is 4.98 Å². The molecule has 0 unspecified atom stereocenters. The molecule has 1 aromatic carbocycles. The van der Waals surface area contributed by atoms with E-state index in [1.165, 1.54) is 6.26 Å². The molecule has 0 fully saturated rings. The lowest BCUT2D eigenvalue weighted by molar-refractivity contribution is 0.338. The lowest BCUT2D eigenvalue weighted by Crippen LogP contribution is -2.25. The summed E-state index contributed by atoms with van der Waals surface area (Å²) in [6.07, 6.45) is 1.24. The normalized spacial score (nSPS) is 12.4. The fraction of sp³-hybridized carbons (Fsp3) is 0.417. The predicted octanol–water partition coefficient (Wildman–Crippen LogP) is 1.69. The number of benzene rings is 1. The maximum Gasteiger partial charge on any atom is 0.148 e. The van der Waals surface area contributed by atoms with Crippen LogP contribution < -0.4 is 0 Å². The molecule has 19 heavy (non-hydrogen) atoms. The maximum absolute atomic E-state index is 11.1. The van der Waals surface area contributed by atoms with Crippen LogP contribution >= 0.6 is 11.6 Å². The SMILES string of the molecule is CN(CCS(C)(=O)=O)Cc1nc2ccc(Cl)cc2[nH]1. The highest BCUT2D eigenvalue weighted by atomic mass is 35.5. The molecule has 2 rings (SSSR count). The molecule has 0 saturated heterocycles. The van der Waals surface area contributed by atoms with Gasteiger partial charge in [-0.25, -0.2) is 13.4 Å². The molecule has 1 N–H and O–H groups in total. The highest BCUT2D eigenvalue weighted by molar-refractivity contribution is 7.90. The number of hydrogen-bond acceptors (Lipinski definition) is 4. The fourth-order valence-corrected chi connectivity index (χ4v) is 2.58. The molecule has 2 aromatic rings. The number of aromatic nitrogens is 2. The quantitative estimate of drug-likeness (QED) is 0.913. The van der Waals surface area contributed by atoms with E-state index in [2.05, 4.69) is 9.97 Å². The van der Waals surface area contributed by atoms with Gasteiger partial charge in [0.15, 0.2) is 0 Å². The number of fused-ring (bicyclic) bond motifs is 1. The van der Waals surface area contributed by atoms with E-state index in [0.717, 1.165) is 16.9 Å². The Bertz CT molecular complexity index is 681. The average molecular weight is 302 g/mol. The number of rotatable bonds is 5. The summed E-state index contributed by atoms with van der Waals surface area (Å²) in [7, 11) is -1.07. The van der Waals surface area contributed by atoms with Crippen LogP contribution in [0.4, 0.5) is 0 Å². The minimum absolute atomic E-state index is 0.148. The molecule has 0 radical (unpaired) electrons. The standard InChI is InChI=1S/C12H16ClN3O2S/c1-16(5-6-19(2,17)18)8-12-14-10-4-3-9(13)7-11(10)15-12/h3-4,7H,5-6,8H2,1-2H3,(H,14,15). The summed E-state index contributed by atoms with van der Waals surface area (Å²) in [4.78, 5) is 9.53. The number of imidazole rings is 1. The van der Waals surface area contributed by atoms with Crippen LogP contribution in [0.5, 0.6) is 0 Å². The van der Waals surface area contributed by atoms with Gasteiger partial charge in [-0.05, 0) is 25.2 Å². The van der Waals surface area contributed by atoms with Gasteiger partial charge in [-0.2, -0.15) is 0 Å². The van der Waals surface area contributed by atoms with Gasteiger partial charge >= 0.3 is 0 Å². The van der Waals surface area contributed by atoms with Crippen LogP contribution in [0.3, 0.4) is 0 Å². The van der Waals surface area contributed by atoms with E-state index in [0.29, 0.717) is 18.1 Å². The van der Waals surface area contributed by atoms with Crippen molar-refractivity contribution in [2.45, 2.75) is 6.54 Å². The largest absolute Gasteiger partial charge is 0.341 e. The molecule has 0 aliphatic heterocycles. The molecule has 0 aliphatic rings. The second-order valence-electron chi connectivity index (χ2n) is 4.71. The molecule has 1 aromatic heterocycles. The second kappa shape index (κ2) is 5.48. The highest BCUT2D eigenvalue weighted by Gasteiger charge is 2.09.